The average molecular weight is 319 g/mol. The van der Waals surface area contributed by atoms with Crippen LogP contribution in [0.25, 0.3) is 0 Å². The van der Waals surface area contributed by atoms with Crippen LogP contribution in [0.1, 0.15) is 0 Å². The van der Waals surface area contributed by atoms with Gasteiger partial charge in [-0.3, -0.25) is 0 Å². The standard InChI is InChI=1S/C19H17N3O2/c20-14-5-4-6-16(13-14)22-19(23)21-15-9-11-18(12-10-15)24-17-7-2-1-3-8-17/h1-13H,20H2,(H2,21,22,23). The number of urea groups is 1. The molecule has 0 aliphatic carbocycles. The summed E-state index contributed by atoms with van der Waals surface area (Å²) in [5.74, 6) is 1.46. The lowest BCUT2D eigenvalue weighted by Crippen LogP contribution is -2.19. The molecule has 0 saturated carbocycles. The van der Waals surface area contributed by atoms with Crippen LogP contribution in [0.5, 0.6) is 11.5 Å². The minimum Gasteiger partial charge on any atom is -0.457 e. The number of benzene rings is 3. The molecule has 0 bridgehead atoms. The van der Waals surface area contributed by atoms with Crippen LogP contribution in [0, 0.1) is 0 Å². The third kappa shape index (κ3) is 4.27. The Balaban J connectivity index is 1.58. The van der Waals surface area contributed by atoms with Gasteiger partial charge in [0.05, 0.1) is 0 Å². The van der Waals surface area contributed by atoms with Crippen LogP contribution in [0.4, 0.5) is 21.9 Å². The second-order valence-corrected chi connectivity index (χ2v) is 5.14. The number of hydrogen-bond acceptors (Lipinski definition) is 3. The molecule has 0 atom stereocenters. The first kappa shape index (κ1) is 15.4. The summed E-state index contributed by atoms with van der Waals surface area (Å²) in [5, 5.41) is 5.48. The number of nitrogens with one attached hydrogen (secondary N) is 2. The number of amides is 2. The van der Waals surface area contributed by atoms with Gasteiger partial charge >= 0.3 is 6.03 Å². The van der Waals surface area contributed by atoms with E-state index in [4.69, 9.17) is 10.5 Å². The molecule has 2 amide bonds. The highest BCUT2D eigenvalue weighted by molar-refractivity contribution is 5.99. The van der Waals surface area contributed by atoms with Crippen molar-refractivity contribution in [2.24, 2.45) is 0 Å². The van der Waals surface area contributed by atoms with Gasteiger partial charge in [0, 0.05) is 17.1 Å². The first-order valence-corrected chi connectivity index (χ1v) is 7.45. The second-order valence-electron chi connectivity index (χ2n) is 5.14. The maximum Gasteiger partial charge on any atom is 0.323 e. The van der Waals surface area contributed by atoms with E-state index in [2.05, 4.69) is 10.6 Å². The molecule has 0 aromatic heterocycles. The number of rotatable bonds is 4. The number of hydrogen-bond donors (Lipinski definition) is 3. The van der Waals surface area contributed by atoms with E-state index in [-0.39, 0.29) is 6.03 Å². The van der Waals surface area contributed by atoms with Crippen LogP contribution >= 0.6 is 0 Å². The summed E-state index contributed by atoms with van der Waals surface area (Å²) in [5.41, 5.74) is 7.57. The lowest BCUT2D eigenvalue weighted by atomic mass is 10.3. The maximum absolute atomic E-state index is 12.0. The quantitative estimate of drug-likeness (QED) is 0.610. The van der Waals surface area contributed by atoms with Crippen molar-refractivity contribution in [3.8, 4) is 11.5 Å². The number of anilines is 3. The second kappa shape index (κ2) is 7.19. The van der Waals surface area contributed by atoms with Crippen molar-refractivity contribution in [3.63, 3.8) is 0 Å². The Morgan fingerprint density at radius 1 is 0.750 bits per heavy atom. The topological polar surface area (TPSA) is 76.4 Å². The minimum atomic E-state index is -0.336. The molecule has 4 N–H and O–H groups in total. The van der Waals surface area contributed by atoms with Crippen LogP contribution in [-0.2, 0) is 0 Å². The van der Waals surface area contributed by atoms with Crippen LogP contribution < -0.4 is 21.1 Å². The molecule has 0 aliphatic rings. The van der Waals surface area contributed by atoms with Crippen molar-refractivity contribution in [2.45, 2.75) is 0 Å². The highest BCUT2D eigenvalue weighted by Crippen LogP contribution is 2.22. The van der Waals surface area contributed by atoms with E-state index in [0.29, 0.717) is 22.8 Å². The smallest absolute Gasteiger partial charge is 0.323 e. The van der Waals surface area contributed by atoms with Gasteiger partial charge in [-0.15, -0.1) is 0 Å². The minimum absolute atomic E-state index is 0.336. The molecule has 0 fully saturated rings. The summed E-state index contributed by atoms with van der Waals surface area (Å²) in [6, 6.07) is 23.3. The summed E-state index contributed by atoms with van der Waals surface area (Å²) < 4.78 is 5.70. The Morgan fingerprint density at radius 2 is 1.42 bits per heavy atom. The van der Waals surface area contributed by atoms with E-state index in [0.717, 1.165) is 5.75 Å². The predicted octanol–water partition coefficient (Wildman–Crippen LogP) is 4.71. The summed E-state index contributed by atoms with van der Waals surface area (Å²) >= 11 is 0. The Kier molecular flexibility index (Phi) is 4.62. The third-order valence-electron chi connectivity index (χ3n) is 3.24. The molecule has 0 spiro atoms. The Morgan fingerprint density at radius 3 is 2.12 bits per heavy atom. The number of nitrogen functional groups attached to an aromatic ring is 1. The van der Waals surface area contributed by atoms with Crippen molar-refractivity contribution in [3.05, 3.63) is 78.9 Å². The van der Waals surface area contributed by atoms with Crippen LogP contribution in [0.3, 0.4) is 0 Å². The summed E-state index contributed by atoms with van der Waals surface area (Å²) in [6.07, 6.45) is 0. The van der Waals surface area contributed by atoms with Crippen molar-refractivity contribution >= 4 is 23.1 Å². The van der Waals surface area contributed by atoms with Crippen LogP contribution in [0.15, 0.2) is 78.9 Å². The van der Waals surface area contributed by atoms with E-state index in [9.17, 15) is 4.79 Å². The number of carbonyl (C=O) groups is 1. The molecule has 24 heavy (non-hydrogen) atoms. The van der Waals surface area contributed by atoms with E-state index in [1.165, 1.54) is 0 Å². The zero-order valence-corrected chi connectivity index (χ0v) is 12.9. The zero-order chi connectivity index (χ0) is 16.8. The normalized spacial score (nSPS) is 10.0. The number of para-hydroxylation sites is 1. The first-order valence-electron chi connectivity index (χ1n) is 7.45. The fourth-order valence-corrected chi connectivity index (χ4v) is 2.14. The van der Waals surface area contributed by atoms with Gasteiger partial charge in [0.2, 0.25) is 0 Å². The molecule has 3 aromatic rings. The van der Waals surface area contributed by atoms with Crippen molar-refractivity contribution < 1.29 is 9.53 Å². The fraction of sp³-hybridized carbons (Fsp3) is 0. The largest absolute Gasteiger partial charge is 0.457 e. The van der Waals surface area contributed by atoms with Gasteiger partial charge in [0.25, 0.3) is 0 Å². The fourth-order valence-electron chi connectivity index (χ4n) is 2.14. The monoisotopic (exact) mass is 319 g/mol. The zero-order valence-electron chi connectivity index (χ0n) is 12.9. The number of carbonyl (C=O) groups excluding carboxylic acids is 1. The van der Waals surface area contributed by atoms with E-state index >= 15 is 0 Å². The predicted molar refractivity (Wildman–Crippen MR) is 96.5 cm³/mol. The maximum atomic E-state index is 12.0. The van der Waals surface area contributed by atoms with E-state index in [1.807, 2.05) is 30.3 Å². The highest BCUT2D eigenvalue weighted by Gasteiger charge is 2.03. The van der Waals surface area contributed by atoms with Gasteiger partial charge in [-0.25, -0.2) is 4.79 Å². The van der Waals surface area contributed by atoms with Crippen molar-refractivity contribution in [1.82, 2.24) is 0 Å². The van der Waals surface area contributed by atoms with E-state index < -0.39 is 0 Å². The Hall–Kier alpha value is -3.47. The van der Waals surface area contributed by atoms with Gasteiger partial charge < -0.3 is 21.1 Å². The molecule has 0 heterocycles. The van der Waals surface area contributed by atoms with Crippen LogP contribution in [0.2, 0.25) is 0 Å². The molecule has 5 heteroatoms. The lowest BCUT2D eigenvalue weighted by Gasteiger charge is -2.09. The molecule has 3 rings (SSSR count). The van der Waals surface area contributed by atoms with Crippen molar-refractivity contribution in [2.75, 3.05) is 16.4 Å². The van der Waals surface area contributed by atoms with Gasteiger partial charge in [-0.2, -0.15) is 0 Å². The highest BCUT2D eigenvalue weighted by atomic mass is 16.5. The number of nitrogens with two attached hydrogens (primary N) is 1. The number of ether oxygens (including phenoxy) is 1. The molecule has 0 unspecified atom stereocenters. The summed E-state index contributed by atoms with van der Waals surface area (Å²) in [4.78, 5) is 12.0. The molecule has 0 saturated heterocycles. The van der Waals surface area contributed by atoms with Crippen LogP contribution in [-0.4, -0.2) is 6.03 Å². The summed E-state index contributed by atoms with van der Waals surface area (Å²) in [7, 11) is 0. The Bertz CT molecular complexity index is 818. The third-order valence-corrected chi connectivity index (χ3v) is 3.24. The molecule has 0 aliphatic heterocycles. The molecular weight excluding hydrogens is 302 g/mol. The van der Waals surface area contributed by atoms with Gasteiger partial charge in [0.1, 0.15) is 11.5 Å². The Labute approximate surface area is 140 Å². The molecule has 5 nitrogen and oxygen atoms in total. The summed E-state index contributed by atoms with van der Waals surface area (Å²) in [6.45, 7) is 0. The SMILES string of the molecule is Nc1cccc(NC(=O)Nc2ccc(Oc3ccccc3)cc2)c1. The van der Waals surface area contributed by atoms with E-state index in [1.54, 1.807) is 48.5 Å². The van der Waals surface area contributed by atoms with Gasteiger partial charge in [-0.1, -0.05) is 24.3 Å². The van der Waals surface area contributed by atoms with Crippen molar-refractivity contribution in [1.29, 1.82) is 0 Å². The molecule has 120 valence electrons. The van der Waals surface area contributed by atoms with Gasteiger partial charge in [0.15, 0.2) is 0 Å². The molecule has 0 radical (unpaired) electrons. The van der Waals surface area contributed by atoms with Gasteiger partial charge in [-0.05, 0) is 54.6 Å². The molecule has 3 aromatic carbocycles. The molecular formula is C19H17N3O2. The average Bonchev–Trinajstić information content (AvgIpc) is 2.57. The lowest BCUT2D eigenvalue weighted by molar-refractivity contribution is 0.262. The first-order chi connectivity index (χ1) is 11.7.